The number of H-pyrrole nitrogens is 1. The number of nitrogens with zero attached hydrogens (tertiary/aromatic N) is 2. The average Bonchev–Trinajstić information content (AvgIpc) is 3.20. The Morgan fingerprint density at radius 2 is 1.97 bits per heavy atom. The van der Waals surface area contributed by atoms with Crippen LogP contribution in [-0.2, 0) is 11.2 Å². The number of hydrogen-bond donors (Lipinski definition) is 3. The lowest BCUT2D eigenvalue weighted by molar-refractivity contribution is -0.0265. The number of aromatic amines is 1. The molecule has 3 aromatic rings. The fourth-order valence-corrected chi connectivity index (χ4v) is 4.05. The van der Waals surface area contributed by atoms with Gasteiger partial charge in [0.25, 0.3) is 0 Å². The van der Waals surface area contributed by atoms with Crippen LogP contribution in [-0.4, -0.2) is 42.7 Å². The minimum absolute atomic E-state index is 0. The Hall–Kier alpha value is -2.13. The van der Waals surface area contributed by atoms with Crippen LogP contribution < -0.4 is 10.6 Å². The van der Waals surface area contributed by atoms with Gasteiger partial charge in [0.15, 0.2) is 5.96 Å². The zero-order valence-electron chi connectivity index (χ0n) is 18.2. The second kappa shape index (κ2) is 11.5. The highest BCUT2D eigenvalue weighted by Gasteiger charge is 2.27. The third-order valence-electron chi connectivity index (χ3n) is 5.70. The number of rotatable bonds is 6. The summed E-state index contributed by atoms with van der Waals surface area (Å²) >= 11 is 0. The molecular formula is C24H32IN5O. The molecule has 0 saturated carbocycles. The molecule has 0 amide bonds. The molecule has 6 nitrogen and oxygen atoms in total. The van der Waals surface area contributed by atoms with Crippen molar-refractivity contribution in [2.24, 2.45) is 10.9 Å². The molecule has 166 valence electrons. The van der Waals surface area contributed by atoms with Crippen LogP contribution in [0.2, 0.25) is 0 Å². The summed E-state index contributed by atoms with van der Waals surface area (Å²) in [5.74, 6) is 2.23. The normalized spacial score (nSPS) is 19.1. The Balaban J connectivity index is 0.00000272. The molecule has 4 rings (SSSR count). The summed E-state index contributed by atoms with van der Waals surface area (Å²) in [6, 6.07) is 16.8. The summed E-state index contributed by atoms with van der Waals surface area (Å²) in [4.78, 5) is 12.4. The van der Waals surface area contributed by atoms with E-state index < -0.39 is 0 Å². The van der Waals surface area contributed by atoms with Gasteiger partial charge in [-0.25, -0.2) is 4.98 Å². The number of aliphatic imine (C=N–C) groups is 1. The third kappa shape index (κ3) is 6.20. The molecule has 2 aromatic carbocycles. The van der Waals surface area contributed by atoms with Crippen LogP contribution in [0.4, 0.5) is 0 Å². The lowest BCUT2D eigenvalue weighted by atomic mass is 9.89. The van der Waals surface area contributed by atoms with Gasteiger partial charge in [0.1, 0.15) is 5.82 Å². The van der Waals surface area contributed by atoms with Gasteiger partial charge in [-0.15, -0.1) is 24.0 Å². The Kier molecular flexibility index (Phi) is 8.71. The van der Waals surface area contributed by atoms with E-state index in [0.29, 0.717) is 5.92 Å². The molecule has 1 saturated heterocycles. The van der Waals surface area contributed by atoms with Crippen molar-refractivity contribution in [3.63, 3.8) is 0 Å². The van der Waals surface area contributed by atoms with Crippen molar-refractivity contribution in [2.45, 2.75) is 32.3 Å². The van der Waals surface area contributed by atoms with Crippen molar-refractivity contribution >= 4 is 41.0 Å². The molecule has 0 spiro atoms. The van der Waals surface area contributed by atoms with Crippen LogP contribution in [0.5, 0.6) is 0 Å². The van der Waals surface area contributed by atoms with Crippen molar-refractivity contribution in [2.75, 3.05) is 26.7 Å². The minimum Gasteiger partial charge on any atom is -0.373 e. The molecule has 1 aromatic heterocycles. The summed E-state index contributed by atoms with van der Waals surface area (Å²) < 4.78 is 6.14. The second-order valence-corrected chi connectivity index (χ2v) is 7.93. The molecule has 0 radical (unpaired) electrons. The molecule has 1 aliphatic rings. The van der Waals surface area contributed by atoms with Crippen LogP contribution >= 0.6 is 24.0 Å². The number of nitrogens with one attached hydrogen (secondary N) is 3. The molecule has 7 heteroatoms. The standard InChI is InChI=1S/C24H31N5O.HI/c1-17-9-11-18(12-10-17)23-19(6-5-15-30-23)16-27-24(25-2)26-14-13-22-28-20-7-3-4-8-21(20)29-22;/h3-4,7-12,19,23H,5-6,13-16H2,1-2H3,(H,28,29)(H2,25,26,27);1H. The first kappa shape index (κ1) is 23.5. The quantitative estimate of drug-likeness (QED) is 0.250. The molecule has 31 heavy (non-hydrogen) atoms. The van der Waals surface area contributed by atoms with Gasteiger partial charge in [0, 0.05) is 39.1 Å². The van der Waals surface area contributed by atoms with Gasteiger partial charge in [0.2, 0.25) is 0 Å². The topological polar surface area (TPSA) is 74.3 Å². The molecule has 1 aliphatic heterocycles. The van der Waals surface area contributed by atoms with E-state index >= 15 is 0 Å². The molecular weight excluding hydrogens is 501 g/mol. The van der Waals surface area contributed by atoms with E-state index in [2.05, 4.69) is 62.8 Å². The van der Waals surface area contributed by atoms with Gasteiger partial charge in [0.05, 0.1) is 17.1 Å². The largest absolute Gasteiger partial charge is 0.373 e. The van der Waals surface area contributed by atoms with Crippen LogP contribution in [0, 0.1) is 12.8 Å². The fourth-order valence-electron chi connectivity index (χ4n) is 4.05. The third-order valence-corrected chi connectivity index (χ3v) is 5.70. The van der Waals surface area contributed by atoms with Gasteiger partial charge in [-0.1, -0.05) is 42.0 Å². The monoisotopic (exact) mass is 533 g/mol. The Morgan fingerprint density at radius 1 is 1.16 bits per heavy atom. The maximum Gasteiger partial charge on any atom is 0.191 e. The van der Waals surface area contributed by atoms with E-state index in [9.17, 15) is 0 Å². The molecule has 2 unspecified atom stereocenters. The second-order valence-electron chi connectivity index (χ2n) is 7.93. The van der Waals surface area contributed by atoms with Crippen molar-refractivity contribution in [3.05, 3.63) is 65.5 Å². The Labute approximate surface area is 201 Å². The van der Waals surface area contributed by atoms with Crippen LogP contribution in [0.15, 0.2) is 53.5 Å². The zero-order valence-corrected chi connectivity index (χ0v) is 20.6. The number of imidazole rings is 1. The van der Waals surface area contributed by atoms with E-state index in [4.69, 9.17) is 4.74 Å². The number of aryl methyl sites for hydroxylation is 1. The number of benzene rings is 2. The highest BCUT2D eigenvalue weighted by Crippen LogP contribution is 2.33. The van der Waals surface area contributed by atoms with Gasteiger partial charge in [-0.05, 0) is 37.5 Å². The predicted octanol–water partition coefficient (Wildman–Crippen LogP) is 4.36. The van der Waals surface area contributed by atoms with Gasteiger partial charge < -0.3 is 20.4 Å². The Bertz CT molecular complexity index is 952. The van der Waals surface area contributed by atoms with E-state index in [1.54, 1.807) is 0 Å². The highest BCUT2D eigenvalue weighted by atomic mass is 127. The highest BCUT2D eigenvalue weighted by molar-refractivity contribution is 14.0. The summed E-state index contributed by atoms with van der Waals surface area (Å²) in [5.41, 5.74) is 4.63. The van der Waals surface area contributed by atoms with Crippen molar-refractivity contribution in [1.29, 1.82) is 0 Å². The first-order valence-electron chi connectivity index (χ1n) is 10.8. The smallest absolute Gasteiger partial charge is 0.191 e. The lowest BCUT2D eigenvalue weighted by Crippen LogP contribution is -2.42. The number of para-hydroxylation sites is 2. The molecule has 1 fully saturated rings. The van der Waals surface area contributed by atoms with Crippen LogP contribution in [0.1, 0.15) is 35.9 Å². The van der Waals surface area contributed by atoms with E-state index in [1.807, 2.05) is 25.2 Å². The molecule has 0 bridgehead atoms. The minimum atomic E-state index is 0. The predicted molar refractivity (Wildman–Crippen MR) is 137 cm³/mol. The number of halogens is 1. The SMILES string of the molecule is CN=C(NCCc1nc2ccccc2[nH]1)NCC1CCCOC1c1ccc(C)cc1.I. The zero-order chi connectivity index (χ0) is 20.8. The maximum absolute atomic E-state index is 6.14. The maximum atomic E-state index is 6.14. The van der Waals surface area contributed by atoms with Crippen LogP contribution in [0.3, 0.4) is 0 Å². The van der Waals surface area contributed by atoms with E-state index in [1.165, 1.54) is 11.1 Å². The van der Waals surface area contributed by atoms with Crippen LogP contribution in [0.25, 0.3) is 11.0 Å². The number of ether oxygens (including phenoxy) is 1. The lowest BCUT2D eigenvalue weighted by Gasteiger charge is -2.32. The molecule has 0 aliphatic carbocycles. The van der Waals surface area contributed by atoms with Gasteiger partial charge in [-0.3, -0.25) is 4.99 Å². The summed E-state index contributed by atoms with van der Waals surface area (Å²) in [7, 11) is 1.81. The average molecular weight is 533 g/mol. The molecule has 2 heterocycles. The fraction of sp³-hybridized carbons (Fsp3) is 0.417. The van der Waals surface area contributed by atoms with E-state index in [0.717, 1.165) is 61.8 Å². The molecule has 3 N–H and O–H groups in total. The first-order valence-corrected chi connectivity index (χ1v) is 10.8. The number of hydrogen-bond acceptors (Lipinski definition) is 3. The van der Waals surface area contributed by atoms with Crippen molar-refractivity contribution in [1.82, 2.24) is 20.6 Å². The van der Waals surface area contributed by atoms with Gasteiger partial charge in [-0.2, -0.15) is 0 Å². The van der Waals surface area contributed by atoms with Crippen molar-refractivity contribution in [3.8, 4) is 0 Å². The summed E-state index contributed by atoms with van der Waals surface area (Å²) in [6.07, 6.45) is 3.21. The number of guanidine groups is 1. The van der Waals surface area contributed by atoms with E-state index in [-0.39, 0.29) is 30.1 Å². The summed E-state index contributed by atoms with van der Waals surface area (Å²) in [6.45, 7) is 4.55. The summed E-state index contributed by atoms with van der Waals surface area (Å²) in [5, 5.41) is 6.89. The van der Waals surface area contributed by atoms with Gasteiger partial charge >= 0.3 is 0 Å². The first-order chi connectivity index (χ1) is 14.7. The van der Waals surface area contributed by atoms with Crippen molar-refractivity contribution < 1.29 is 4.74 Å². The number of fused-ring (bicyclic) bond motifs is 1. The Morgan fingerprint density at radius 3 is 2.74 bits per heavy atom. The molecule has 2 atom stereocenters. The number of aromatic nitrogens is 2.